The maximum atomic E-state index is 11.4. The second-order valence-electron chi connectivity index (χ2n) is 5.06. The number of carbonyl (C=O) groups is 2. The Morgan fingerprint density at radius 1 is 1.42 bits per heavy atom. The van der Waals surface area contributed by atoms with Crippen molar-refractivity contribution in [3.05, 3.63) is 23.5 Å². The van der Waals surface area contributed by atoms with Crippen molar-refractivity contribution in [3.63, 3.8) is 0 Å². The summed E-state index contributed by atoms with van der Waals surface area (Å²) >= 11 is 1.84. The number of aromatic carboxylic acids is 1. The Bertz CT molecular complexity index is 495. The molecule has 2 atom stereocenters. The number of hydrogen-bond acceptors (Lipinski definition) is 3. The van der Waals surface area contributed by atoms with Crippen LogP contribution in [0.5, 0.6) is 0 Å². The van der Waals surface area contributed by atoms with E-state index in [0.717, 1.165) is 19.3 Å². The molecule has 0 aromatic carbocycles. The van der Waals surface area contributed by atoms with Gasteiger partial charge in [0.15, 0.2) is 5.78 Å². The molecule has 1 aliphatic rings. The average Bonchev–Trinajstić information content (AvgIpc) is 2.84. The Hall–Kier alpha value is -1.23. The molecule has 1 N–H and O–H groups in total. The van der Waals surface area contributed by atoms with Crippen molar-refractivity contribution in [2.75, 3.05) is 6.26 Å². The maximum absolute atomic E-state index is 11.4. The van der Waals surface area contributed by atoms with E-state index >= 15 is 0 Å². The summed E-state index contributed by atoms with van der Waals surface area (Å²) in [6.45, 7) is 1.47. The molecule has 0 spiro atoms. The van der Waals surface area contributed by atoms with Crippen molar-refractivity contribution in [2.45, 2.75) is 43.9 Å². The van der Waals surface area contributed by atoms with Gasteiger partial charge in [0, 0.05) is 23.1 Å². The summed E-state index contributed by atoms with van der Waals surface area (Å²) in [5, 5.41) is 9.86. The lowest BCUT2D eigenvalue weighted by molar-refractivity contribution is 0.0681. The molecule has 0 radical (unpaired) electrons. The normalized spacial score (nSPS) is 23.3. The van der Waals surface area contributed by atoms with Gasteiger partial charge in [-0.2, -0.15) is 11.8 Å². The van der Waals surface area contributed by atoms with Gasteiger partial charge in [-0.05, 0) is 38.5 Å². The molecule has 1 aromatic heterocycles. The zero-order valence-electron chi connectivity index (χ0n) is 11.3. The number of hydrogen-bond donors (Lipinski definition) is 1. The van der Waals surface area contributed by atoms with Gasteiger partial charge >= 0.3 is 5.97 Å². The molecular weight excluding hydrogens is 262 g/mol. The molecular formula is C14H19NO3S. The molecule has 4 nitrogen and oxygen atoms in total. The maximum Gasteiger partial charge on any atom is 0.352 e. The van der Waals surface area contributed by atoms with Crippen LogP contribution in [0.25, 0.3) is 0 Å². The quantitative estimate of drug-likeness (QED) is 0.861. The molecule has 19 heavy (non-hydrogen) atoms. The summed E-state index contributed by atoms with van der Waals surface area (Å²) in [7, 11) is 0. The van der Waals surface area contributed by atoms with E-state index in [-0.39, 0.29) is 17.5 Å². The fourth-order valence-corrected chi connectivity index (χ4v) is 3.55. The fourth-order valence-electron chi connectivity index (χ4n) is 2.73. The minimum atomic E-state index is -0.959. The third kappa shape index (κ3) is 3.03. The van der Waals surface area contributed by atoms with Gasteiger partial charge < -0.3 is 9.67 Å². The molecule has 1 saturated carbocycles. The van der Waals surface area contributed by atoms with E-state index in [1.54, 1.807) is 10.8 Å². The first-order valence-electron chi connectivity index (χ1n) is 6.51. The molecule has 2 unspecified atom stereocenters. The first kappa shape index (κ1) is 14.2. The third-order valence-electron chi connectivity index (χ3n) is 3.80. The number of ketones is 1. The Balaban J connectivity index is 2.32. The lowest BCUT2D eigenvalue weighted by Crippen LogP contribution is -2.22. The van der Waals surface area contributed by atoms with Crippen molar-refractivity contribution in [3.8, 4) is 0 Å². The highest BCUT2D eigenvalue weighted by atomic mass is 32.2. The predicted molar refractivity (Wildman–Crippen MR) is 76.2 cm³/mol. The van der Waals surface area contributed by atoms with Crippen molar-refractivity contribution in [1.82, 2.24) is 4.57 Å². The number of rotatable bonds is 4. The van der Waals surface area contributed by atoms with Gasteiger partial charge in [0.05, 0.1) is 0 Å². The van der Waals surface area contributed by atoms with Crippen molar-refractivity contribution in [1.29, 1.82) is 0 Å². The van der Waals surface area contributed by atoms with Crippen LogP contribution in [0, 0.1) is 0 Å². The van der Waals surface area contributed by atoms with Crippen LogP contribution in [0.15, 0.2) is 12.3 Å². The van der Waals surface area contributed by atoms with Crippen molar-refractivity contribution < 1.29 is 14.7 Å². The van der Waals surface area contributed by atoms with Crippen LogP contribution >= 0.6 is 11.8 Å². The summed E-state index contributed by atoms with van der Waals surface area (Å²) in [5.74, 6) is -1.04. The third-order valence-corrected chi connectivity index (χ3v) is 4.89. The van der Waals surface area contributed by atoms with Crippen LogP contribution in [0.3, 0.4) is 0 Å². The molecule has 0 aliphatic heterocycles. The highest BCUT2D eigenvalue weighted by Gasteiger charge is 2.26. The number of carboxylic acids is 1. The van der Waals surface area contributed by atoms with Crippen LogP contribution in [-0.2, 0) is 0 Å². The van der Waals surface area contributed by atoms with Crippen LogP contribution in [0.1, 0.15) is 59.5 Å². The zero-order chi connectivity index (χ0) is 14.0. The molecule has 0 amide bonds. The first-order chi connectivity index (χ1) is 9.02. The van der Waals surface area contributed by atoms with Gasteiger partial charge in [-0.15, -0.1) is 0 Å². The number of Topliss-reactive ketones (excluding diaryl/α,β-unsaturated/α-hetero) is 1. The molecule has 1 aromatic rings. The molecule has 0 bridgehead atoms. The van der Waals surface area contributed by atoms with Gasteiger partial charge in [0.25, 0.3) is 0 Å². The highest BCUT2D eigenvalue weighted by Crippen LogP contribution is 2.35. The fraction of sp³-hybridized carbons (Fsp3) is 0.571. The smallest absolute Gasteiger partial charge is 0.352 e. The van der Waals surface area contributed by atoms with E-state index in [4.69, 9.17) is 0 Å². The standard InChI is InChI=1S/C14H19NO3S/c1-9(16)10-6-13(14(17)18)15(8-10)11-4-3-5-12(7-11)19-2/h6,8,11-12H,3-5,7H2,1-2H3,(H,17,18). The van der Waals surface area contributed by atoms with E-state index in [2.05, 4.69) is 6.26 Å². The minimum Gasteiger partial charge on any atom is -0.477 e. The number of carbonyl (C=O) groups excluding carboxylic acids is 1. The van der Waals surface area contributed by atoms with Crippen LogP contribution in [-0.4, -0.2) is 32.9 Å². The monoisotopic (exact) mass is 281 g/mol. The number of aromatic nitrogens is 1. The largest absolute Gasteiger partial charge is 0.477 e. The van der Waals surface area contributed by atoms with E-state index in [0.29, 0.717) is 10.8 Å². The molecule has 1 fully saturated rings. The van der Waals surface area contributed by atoms with E-state index < -0.39 is 5.97 Å². The highest BCUT2D eigenvalue weighted by molar-refractivity contribution is 7.99. The molecule has 5 heteroatoms. The number of carboxylic acid groups (broad SMARTS) is 1. The molecule has 104 valence electrons. The van der Waals surface area contributed by atoms with E-state index in [1.165, 1.54) is 19.4 Å². The summed E-state index contributed by atoms with van der Waals surface area (Å²) in [4.78, 5) is 22.7. The van der Waals surface area contributed by atoms with Gasteiger partial charge in [0.1, 0.15) is 5.69 Å². The average molecular weight is 281 g/mol. The number of nitrogens with zero attached hydrogens (tertiary/aromatic N) is 1. The van der Waals surface area contributed by atoms with Crippen LogP contribution < -0.4 is 0 Å². The predicted octanol–water partition coefficient (Wildman–Crippen LogP) is 3.24. The van der Waals surface area contributed by atoms with E-state index in [9.17, 15) is 14.7 Å². The minimum absolute atomic E-state index is 0.0847. The summed E-state index contributed by atoms with van der Waals surface area (Å²) < 4.78 is 1.79. The van der Waals surface area contributed by atoms with Crippen molar-refractivity contribution in [2.24, 2.45) is 0 Å². The molecule has 0 saturated heterocycles. The Morgan fingerprint density at radius 3 is 2.74 bits per heavy atom. The van der Waals surface area contributed by atoms with Gasteiger partial charge in [-0.1, -0.05) is 6.42 Å². The summed E-state index contributed by atoms with van der Waals surface area (Å²) in [6, 6.07) is 1.69. The van der Waals surface area contributed by atoms with Crippen LogP contribution in [0.4, 0.5) is 0 Å². The summed E-state index contributed by atoms with van der Waals surface area (Å²) in [6.07, 6.45) is 8.08. The zero-order valence-corrected chi connectivity index (χ0v) is 12.1. The van der Waals surface area contributed by atoms with Gasteiger partial charge in [-0.3, -0.25) is 4.79 Å². The number of thioether (sulfide) groups is 1. The SMILES string of the molecule is CSC1CCCC(n2cc(C(C)=O)cc2C(=O)O)C1. The lowest BCUT2D eigenvalue weighted by Gasteiger charge is -2.29. The van der Waals surface area contributed by atoms with E-state index in [1.807, 2.05) is 11.8 Å². The topological polar surface area (TPSA) is 59.3 Å². The molecule has 1 heterocycles. The second kappa shape index (κ2) is 5.82. The summed E-state index contributed by atoms with van der Waals surface area (Å²) in [5.41, 5.74) is 0.723. The Morgan fingerprint density at radius 2 is 2.16 bits per heavy atom. The van der Waals surface area contributed by atoms with Crippen molar-refractivity contribution >= 4 is 23.5 Å². The first-order valence-corrected chi connectivity index (χ1v) is 7.80. The lowest BCUT2D eigenvalue weighted by atomic mass is 9.94. The van der Waals surface area contributed by atoms with Gasteiger partial charge in [0.2, 0.25) is 0 Å². The van der Waals surface area contributed by atoms with Gasteiger partial charge in [-0.25, -0.2) is 4.79 Å². The molecule has 2 rings (SSSR count). The van der Waals surface area contributed by atoms with Crippen LogP contribution in [0.2, 0.25) is 0 Å². The Kier molecular flexibility index (Phi) is 4.34. The molecule has 1 aliphatic carbocycles. The Labute approximate surface area is 117 Å². The second-order valence-corrected chi connectivity index (χ2v) is 6.20.